The zero-order valence-corrected chi connectivity index (χ0v) is 11.4. The van der Waals surface area contributed by atoms with E-state index in [4.69, 9.17) is 10.5 Å². The van der Waals surface area contributed by atoms with Gasteiger partial charge in [-0.2, -0.15) is 5.10 Å². The number of rotatable bonds is 5. The van der Waals surface area contributed by atoms with Crippen LogP contribution in [0.2, 0.25) is 0 Å². The van der Waals surface area contributed by atoms with Crippen LogP contribution in [0.5, 0.6) is 0 Å². The van der Waals surface area contributed by atoms with Crippen LogP contribution in [0.15, 0.2) is 12.4 Å². The minimum absolute atomic E-state index is 0.231. The summed E-state index contributed by atoms with van der Waals surface area (Å²) in [4.78, 5) is 2.34. The largest absolute Gasteiger partial charge is 0.381 e. The average Bonchev–Trinajstić information content (AvgIpc) is 2.75. The Hall–Kier alpha value is -0.910. The van der Waals surface area contributed by atoms with Crippen LogP contribution in [0.1, 0.15) is 18.4 Å². The lowest BCUT2D eigenvalue weighted by Crippen LogP contribution is -2.44. The summed E-state index contributed by atoms with van der Waals surface area (Å²) in [6.45, 7) is 4.39. The van der Waals surface area contributed by atoms with Crippen molar-refractivity contribution in [3.05, 3.63) is 18.0 Å². The van der Waals surface area contributed by atoms with Gasteiger partial charge in [-0.15, -0.1) is 0 Å². The molecule has 0 bridgehead atoms. The molecule has 0 amide bonds. The molecule has 0 radical (unpaired) electrons. The van der Waals surface area contributed by atoms with Gasteiger partial charge in [0.1, 0.15) is 0 Å². The Morgan fingerprint density at radius 3 is 2.78 bits per heavy atom. The van der Waals surface area contributed by atoms with Crippen molar-refractivity contribution in [1.82, 2.24) is 14.7 Å². The minimum Gasteiger partial charge on any atom is -0.381 e. The second-order valence-electron chi connectivity index (χ2n) is 5.51. The third kappa shape index (κ3) is 3.31. The summed E-state index contributed by atoms with van der Waals surface area (Å²) in [7, 11) is 4.10. The molecule has 2 N–H and O–H groups in total. The van der Waals surface area contributed by atoms with Crippen LogP contribution in [0.4, 0.5) is 0 Å². The Morgan fingerprint density at radius 1 is 1.50 bits per heavy atom. The van der Waals surface area contributed by atoms with Crippen molar-refractivity contribution in [3.63, 3.8) is 0 Å². The number of nitrogens with zero attached hydrogens (tertiary/aromatic N) is 3. The van der Waals surface area contributed by atoms with Gasteiger partial charge < -0.3 is 15.4 Å². The molecule has 1 aliphatic heterocycles. The highest BCUT2D eigenvalue weighted by Gasteiger charge is 2.32. The number of aromatic nitrogens is 2. The third-order valence-corrected chi connectivity index (χ3v) is 3.80. The number of aryl methyl sites for hydroxylation is 1. The van der Waals surface area contributed by atoms with Crippen molar-refractivity contribution in [3.8, 4) is 0 Å². The lowest BCUT2D eigenvalue weighted by Gasteiger charge is -2.39. The van der Waals surface area contributed by atoms with Gasteiger partial charge in [-0.3, -0.25) is 4.68 Å². The molecular weight excluding hydrogens is 228 g/mol. The molecule has 0 aromatic carbocycles. The number of ether oxygens (including phenoxy) is 1. The Balaban J connectivity index is 1.90. The van der Waals surface area contributed by atoms with Crippen LogP contribution < -0.4 is 5.73 Å². The summed E-state index contributed by atoms with van der Waals surface area (Å²) in [6.07, 6.45) is 6.13. The minimum atomic E-state index is 0.231. The Bertz CT molecular complexity index is 371. The van der Waals surface area contributed by atoms with Gasteiger partial charge in [0.25, 0.3) is 0 Å². The first-order valence-electron chi connectivity index (χ1n) is 6.57. The molecule has 0 unspecified atom stereocenters. The fourth-order valence-electron chi connectivity index (χ4n) is 2.72. The first-order chi connectivity index (χ1) is 8.63. The quantitative estimate of drug-likeness (QED) is 0.834. The van der Waals surface area contributed by atoms with E-state index in [2.05, 4.69) is 23.2 Å². The first-order valence-corrected chi connectivity index (χ1v) is 6.57. The van der Waals surface area contributed by atoms with Crippen LogP contribution in [-0.2, 0) is 18.3 Å². The molecule has 102 valence electrons. The summed E-state index contributed by atoms with van der Waals surface area (Å²) >= 11 is 0. The molecule has 5 heteroatoms. The van der Waals surface area contributed by atoms with Gasteiger partial charge >= 0.3 is 0 Å². The molecule has 0 spiro atoms. The van der Waals surface area contributed by atoms with Gasteiger partial charge in [-0.1, -0.05) is 0 Å². The van der Waals surface area contributed by atoms with Crippen LogP contribution in [0, 0.1) is 5.41 Å². The molecule has 1 aromatic heterocycles. The van der Waals surface area contributed by atoms with Gasteiger partial charge in [0.15, 0.2) is 0 Å². The van der Waals surface area contributed by atoms with E-state index in [0.29, 0.717) is 0 Å². The van der Waals surface area contributed by atoms with Crippen molar-refractivity contribution < 1.29 is 4.74 Å². The van der Waals surface area contributed by atoms with E-state index < -0.39 is 0 Å². The highest BCUT2D eigenvalue weighted by atomic mass is 16.5. The molecule has 2 rings (SSSR count). The van der Waals surface area contributed by atoms with Crippen molar-refractivity contribution >= 4 is 0 Å². The fraction of sp³-hybridized carbons (Fsp3) is 0.769. The van der Waals surface area contributed by atoms with Crippen LogP contribution in [0.25, 0.3) is 0 Å². The van der Waals surface area contributed by atoms with E-state index in [1.807, 2.05) is 17.9 Å². The highest BCUT2D eigenvalue weighted by molar-refractivity contribution is 5.03. The van der Waals surface area contributed by atoms with Crippen LogP contribution in [-0.4, -0.2) is 48.0 Å². The van der Waals surface area contributed by atoms with Gasteiger partial charge in [0, 0.05) is 45.1 Å². The summed E-state index contributed by atoms with van der Waals surface area (Å²) in [5.74, 6) is 0. The summed E-state index contributed by atoms with van der Waals surface area (Å²) < 4.78 is 7.29. The SMILES string of the molecule is CN(Cc1cnn(C)c1)CC1(CN)CCOCC1. The molecule has 1 aliphatic rings. The van der Waals surface area contributed by atoms with Crippen LogP contribution in [0.3, 0.4) is 0 Å². The molecule has 0 atom stereocenters. The first kappa shape index (κ1) is 13.5. The topological polar surface area (TPSA) is 56.3 Å². The van der Waals surface area contributed by atoms with Gasteiger partial charge in [-0.05, 0) is 31.8 Å². The van der Waals surface area contributed by atoms with E-state index >= 15 is 0 Å². The average molecular weight is 252 g/mol. The lowest BCUT2D eigenvalue weighted by molar-refractivity contribution is 0.00268. The zero-order chi connectivity index (χ0) is 13.0. The summed E-state index contributed by atoms with van der Waals surface area (Å²) in [5.41, 5.74) is 7.47. The van der Waals surface area contributed by atoms with E-state index in [1.165, 1.54) is 5.56 Å². The molecule has 5 nitrogen and oxygen atoms in total. The molecule has 2 heterocycles. The number of nitrogens with two attached hydrogens (primary N) is 1. The normalized spacial score (nSPS) is 19.3. The third-order valence-electron chi connectivity index (χ3n) is 3.80. The molecule has 1 fully saturated rings. The van der Waals surface area contributed by atoms with Gasteiger partial charge in [0.05, 0.1) is 6.20 Å². The smallest absolute Gasteiger partial charge is 0.0534 e. The maximum Gasteiger partial charge on any atom is 0.0534 e. The van der Waals surface area contributed by atoms with Crippen molar-refractivity contribution in [2.24, 2.45) is 18.2 Å². The molecular formula is C13H24N4O. The number of hydrogen-bond donors (Lipinski definition) is 1. The predicted octanol–water partition coefficient (Wildman–Crippen LogP) is 0.607. The maximum absolute atomic E-state index is 5.99. The molecule has 0 saturated carbocycles. The summed E-state index contributed by atoms with van der Waals surface area (Å²) in [5, 5.41) is 4.20. The Labute approximate surface area is 109 Å². The van der Waals surface area contributed by atoms with E-state index in [9.17, 15) is 0 Å². The van der Waals surface area contributed by atoms with E-state index in [1.54, 1.807) is 0 Å². The fourth-order valence-corrected chi connectivity index (χ4v) is 2.72. The second kappa shape index (κ2) is 5.82. The highest BCUT2D eigenvalue weighted by Crippen LogP contribution is 2.30. The molecule has 0 aliphatic carbocycles. The van der Waals surface area contributed by atoms with Gasteiger partial charge in [0.2, 0.25) is 0 Å². The van der Waals surface area contributed by atoms with Crippen molar-refractivity contribution in [2.45, 2.75) is 19.4 Å². The Kier molecular flexibility index (Phi) is 4.37. The molecule has 18 heavy (non-hydrogen) atoms. The number of hydrogen-bond acceptors (Lipinski definition) is 4. The molecule has 1 saturated heterocycles. The second-order valence-corrected chi connectivity index (χ2v) is 5.51. The van der Waals surface area contributed by atoms with Crippen molar-refractivity contribution in [1.29, 1.82) is 0 Å². The lowest BCUT2D eigenvalue weighted by atomic mass is 9.80. The van der Waals surface area contributed by atoms with Crippen molar-refractivity contribution in [2.75, 3.05) is 33.4 Å². The maximum atomic E-state index is 5.99. The molecule has 1 aromatic rings. The zero-order valence-electron chi connectivity index (χ0n) is 11.4. The predicted molar refractivity (Wildman–Crippen MR) is 71.1 cm³/mol. The standard InChI is InChI=1S/C13H24N4O/c1-16(8-12-7-15-17(2)9-12)11-13(10-14)3-5-18-6-4-13/h7,9H,3-6,8,10-11,14H2,1-2H3. The van der Waals surface area contributed by atoms with Gasteiger partial charge in [-0.25, -0.2) is 0 Å². The summed E-state index contributed by atoms with van der Waals surface area (Å²) in [6, 6.07) is 0. The van der Waals surface area contributed by atoms with E-state index in [-0.39, 0.29) is 5.41 Å². The monoisotopic (exact) mass is 252 g/mol. The van der Waals surface area contributed by atoms with E-state index in [0.717, 1.165) is 45.7 Å². The van der Waals surface area contributed by atoms with Crippen LogP contribution >= 0.6 is 0 Å². The Morgan fingerprint density at radius 2 is 2.22 bits per heavy atom.